The molecule has 2 aromatic carbocycles. The largest absolute Gasteiger partial charge is 0.493 e. The molecule has 8 heteroatoms. The molecule has 0 unspecified atom stereocenters. The van der Waals surface area contributed by atoms with E-state index in [1.165, 1.54) is 0 Å². The van der Waals surface area contributed by atoms with Crippen molar-refractivity contribution in [2.24, 2.45) is 10.2 Å². The zero-order chi connectivity index (χ0) is 17.6. The molecule has 1 aliphatic rings. The van der Waals surface area contributed by atoms with Crippen LogP contribution in [0.4, 0.5) is 11.4 Å². The smallest absolute Gasteiger partial charge is 0.221 e. The van der Waals surface area contributed by atoms with Gasteiger partial charge in [-0.3, -0.25) is 0 Å². The monoisotopic (exact) mass is 411 g/mol. The van der Waals surface area contributed by atoms with Crippen LogP contribution in [0.2, 0.25) is 15.1 Å². The van der Waals surface area contributed by atoms with Crippen molar-refractivity contribution >= 4 is 68.8 Å². The number of thioether (sulfide) groups is 1. The molecule has 0 amide bonds. The van der Waals surface area contributed by atoms with Gasteiger partial charge in [-0.25, -0.2) is 0 Å². The molecule has 1 N–H and O–H groups in total. The number of azo groups is 1. The number of rotatable bonds is 3. The van der Waals surface area contributed by atoms with Crippen LogP contribution >= 0.6 is 46.6 Å². The third-order valence-corrected chi connectivity index (χ3v) is 6.08. The quantitative estimate of drug-likeness (QED) is 0.470. The summed E-state index contributed by atoms with van der Waals surface area (Å²) in [6, 6.07) is 10.7. The molecule has 1 aromatic heterocycles. The van der Waals surface area contributed by atoms with E-state index in [0.29, 0.717) is 26.4 Å². The van der Waals surface area contributed by atoms with Gasteiger partial charge in [0.1, 0.15) is 5.69 Å². The van der Waals surface area contributed by atoms with Crippen molar-refractivity contribution < 1.29 is 5.11 Å². The normalized spacial score (nSPS) is 15.2. The molecule has 0 saturated carbocycles. The number of halogens is 3. The molecule has 0 bridgehead atoms. The maximum absolute atomic E-state index is 10.7. The summed E-state index contributed by atoms with van der Waals surface area (Å²) in [4.78, 5) is 0. The molecular weight excluding hydrogens is 401 g/mol. The van der Waals surface area contributed by atoms with Crippen LogP contribution in [0.15, 0.2) is 46.6 Å². The fourth-order valence-electron chi connectivity index (χ4n) is 2.76. The van der Waals surface area contributed by atoms with Crippen molar-refractivity contribution in [3.05, 3.63) is 51.5 Å². The Morgan fingerprint density at radius 1 is 1.00 bits per heavy atom. The molecule has 128 valence electrons. The van der Waals surface area contributed by atoms with Gasteiger partial charge in [-0.1, -0.05) is 34.8 Å². The minimum absolute atomic E-state index is 0.0939. The minimum Gasteiger partial charge on any atom is -0.493 e. The zero-order valence-electron chi connectivity index (χ0n) is 12.8. The predicted molar refractivity (Wildman–Crippen MR) is 106 cm³/mol. The van der Waals surface area contributed by atoms with Crippen molar-refractivity contribution in [3.8, 4) is 5.88 Å². The summed E-state index contributed by atoms with van der Waals surface area (Å²) >= 11 is 20.0. The molecule has 0 aliphatic carbocycles. The van der Waals surface area contributed by atoms with Gasteiger partial charge in [0.15, 0.2) is 5.69 Å². The van der Waals surface area contributed by atoms with E-state index in [0.717, 1.165) is 22.4 Å². The van der Waals surface area contributed by atoms with Gasteiger partial charge >= 0.3 is 0 Å². The van der Waals surface area contributed by atoms with Crippen molar-refractivity contribution in [2.75, 3.05) is 11.5 Å². The highest BCUT2D eigenvalue weighted by atomic mass is 35.5. The first-order chi connectivity index (χ1) is 12.0. The lowest BCUT2D eigenvalue weighted by Crippen LogP contribution is -2.22. The Hall–Kier alpha value is -1.40. The molecule has 4 nitrogen and oxygen atoms in total. The van der Waals surface area contributed by atoms with Gasteiger partial charge in [0.25, 0.3) is 0 Å². The Morgan fingerprint density at radius 2 is 1.72 bits per heavy atom. The maximum Gasteiger partial charge on any atom is 0.221 e. The Bertz CT molecular complexity index is 998. The molecular formula is C17H12Cl3N3OS. The Labute approximate surface area is 163 Å². The van der Waals surface area contributed by atoms with Gasteiger partial charge in [0.2, 0.25) is 5.88 Å². The molecule has 0 atom stereocenters. The van der Waals surface area contributed by atoms with Crippen LogP contribution in [0.1, 0.15) is 6.04 Å². The minimum atomic E-state index is 0.0939. The van der Waals surface area contributed by atoms with Gasteiger partial charge in [0.05, 0.1) is 16.6 Å². The summed E-state index contributed by atoms with van der Waals surface area (Å²) in [7, 11) is 0. The summed E-state index contributed by atoms with van der Waals surface area (Å²) in [6.07, 6.45) is 0. The molecule has 4 rings (SSSR count). The summed E-state index contributed by atoms with van der Waals surface area (Å²) in [5, 5.41) is 21.4. The molecule has 25 heavy (non-hydrogen) atoms. The second-order valence-electron chi connectivity index (χ2n) is 5.69. The summed E-state index contributed by atoms with van der Waals surface area (Å²) in [6.45, 7) is 0. The molecule has 0 radical (unpaired) electrons. The van der Waals surface area contributed by atoms with Crippen LogP contribution in [-0.2, 0) is 0 Å². The molecule has 1 aliphatic heterocycles. The van der Waals surface area contributed by atoms with Gasteiger partial charge in [-0.2, -0.15) is 11.8 Å². The van der Waals surface area contributed by atoms with Crippen molar-refractivity contribution in [1.29, 1.82) is 0 Å². The molecule has 2 heterocycles. The highest BCUT2D eigenvalue weighted by Crippen LogP contribution is 2.45. The summed E-state index contributed by atoms with van der Waals surface area (Å²) < 4.78 is 1.90. The fraction of sp³-hybridized carbons (Fsp3) is 0.176. The second-order valence-corrected chi connectivity index (χ2v) is 8.05. The SMILES string of the molecule is Oc1c(N=Nc2ccc(Cl)cc2Cl)c2cc(Cl)ccc2n1C1CSC1. The lowest BCUT2D eigenvalue weighted by Gasteiger charge is -2.27. The van der Waals surface area contributed by atoms with Gasteiger partial charge in [0, 0.05) is 26.9 Å². The first kappa shape index (κ1) is 17.0. The third kappa shape index (κ3) is 3.10. The Morgan fingerprint density at radius 3 is 2.40 bits per heavy atom. The van der Waals surface area contributed by atoms with Gasteiger partial charge < -0.3 is 9.67 Å². The van der Waals surface area contributed by atoms with Crippen molar-refractivity contribution in [1.82, 2.24) is 4.57 Å². The summed E-state index contributed by atoms with van der Waals surface area (Å²) in [5.41, 5.74) is 1.76. The zero-order valence-corrected chi connectivity index (χ0v) is 15.9. The predicted octanol–water partition coefficient (Wildman–Crippen LogP) is 7.01. The number of aromatic nitrogens is 1. The number of aromatic hydroxyl groups is 1. The average Bonchev–Trinajstić information content (AvgIpc) is 2.77. The highest BCUT2D eigenvalue weighted by Gasteiger charge is 2.27. The summed E-state index contributed by atoms with van der Waals surface area (Å²) in [5.74, 6) is 2.01. The van der Waals surface area contributed by atoms with E-state index >= 15 is 0 Å². The highest BCUT2D eigenvalue weighted by molar-refractivity contribution is 8.00. The van der Waals surface area contributed by atoms with E-state index in [1.54, 1.807) is 24.3 Å². The van der Waals surface area contributed by atoms with E-state index in [-0.39, 0.29) is 11.9 Å². The fourth-order valence-corrected chi connectivity index (χ4v) is 4.13. The van der Waals surface area contributed by atoms with Crippen LogP contribution in [0.5, 0.6) is 5.88 Å². The van der Waals surface area contributed by atoms with Crippen LogP contribution in [0, 0.1) is 0 Å². The van der Waals surface area contributed by atoms with E-state index in [9.17, 15) is 5.11 Å². The topological polar surface area (TPSA) is 49.9 Å². The standard InChI is InChI=1S/C17H12Cl3N3OS/c18-9-2-4-15-12(5-9)16(17(24)23(15)11-7-25-8-11)22-21-14-3-1-10(19)6-13(14)20/h1-6,11,24H,7-8H2. The first-order valence-electron chi connectivity index (χ1n) is 7.51. The van der Waals surface area contributed by atoms with E-state index < -0.39 is 0 Å². The van der Waals surface area contributed by atoms with Gasteiger partial charge in [-0.15, -0.1) is 10.2 Å². The van der Waals surface area contributed by atoms with Crippen molar-refractivity contribution in [3.63, 3.8) is 0 Å². The lowest BCUT2D eigenvalue weighted by atomic mass is 10.2. The van der Waals surface area contributed by atoms with E-state index in [4.69, 9.17) is 34.8 Å². The van der Waals surface area contributed by atoms with E-state index in [1.807, 2.05) is 28.5 Å². The number of fused-ring (bicyclic) bond motifs is 1. The Balaban J connectivity index is 1.84. The lowest BCUT2D eigenvalue weighted by molar-refractivity contribution is 0.406. The number of hydrogen-bond acceptors (Lipinski definition) is 4. The molecule has 0 spiro atoms. The van der Waals surface area contributed by atoms with Crippen LogP contribution in [-0.4, -0.2) is 21.2 Å². The van der Waals surface area contributed by atoms with E-state index in [2.05, 4.69) is 10.2 Å². The number of nitrogens with zero attached hydrogens (tertiary/aromatic N) is 3. The molecule has 1 saturated heterocycles. The maximum atomic E-state index is 10.7. The third-order valence-electron chi connectivity index (χ3n) is 4.07. The number of benzene rings is 2. The Kier molecular flexibility index (Phi) is 4.58. The molecule has 3 aromatic rings. The van der Waals surface area contributed by atoms with Crippen molar-refractivity contribution in [2.45, 2.75) is 6.04 Å². The first-order valence-corrected chi connectivity index (χ1v) is 9.80. The second kappa shape index (κ2) is 6.72. The number of hydrogen-bond donors (Lipinski definition) is 1. The average molecular weight is 413 g/mol. The van der Waals surface area contributed by atoms with Crippen LogP contribution in [0.25, 0.3) is 10.9 Å². The van der Waals surface area contributed by atoms with Crippen LogP contribution < -0.4 is 0 Å². The molecule has 1 fully saturated rings. The van der Waals surface area contributed by atoms with Gasteiger partial charge in [-0.05, 0) is 36.4 Å². The van der Waals surface area contributed by atoms with Crippen LogP contribution in [0.3, 0.4) is 0 Å².